The molecule has 0 bridgehead atoms. The van der Waals surface area contributed by atoms with Gasteiger partial charge >= 0.3 is 5.97 Å². The Morgan fingerprint density at radius 2 is 1.85 bits per heavy atom. The molecule has 0 spiro atoms. The summed E-state index contributed by atoms with van der Waals surface area (Å²) in [5.41, 5.74) is 0. The maximum atomic E-state index is 11.4. The summed E-state index contributed by atoms with van der Waals surface area (Å²) in [7, 11) is 0. The highest BCUT2D eigenvalue weighted by Gasteiger charge is 2.14. The summed E-state index contributed by atoms with van der Waals surface area (Å²) in [6, 6.07) is 7.77. The second-order valence-electron chi connectivity index (χ2n) is 4.01. The van der Waals surface area contributed by atoms with Gasteiger partial charge in [0.2, 0.25) is 5.91 Å². The molecule has 0 saturated carbocycles. The van der Waals surface area contributed by atoms with Crippen molar-refractivity contribution in [3.8, 4) is 5.75 Å². The maximum absolute atomic E-state index is 11.4. The fraction of sp³-hybridized carbons (Fsp3) is 0.308. The first-order chi connectivity index (χ1) is 9.49. The van der Waals surface area contributed by atoms with Crippen LogP contribution in [0, 0.1) is 0 Å². The van der Waals surface area contributed by atoms with E-state index >= 15 is 0 Å². The average molecular weight is 280 g/mol. The van der Waals surface area contributed by atoms with Crippen LogP contribution in [0.25, 0.3) is 0 Å². The van der Waals surface area contributed by atoms with Crippen molar-refractivity contribution >= 4 is 17.8 Å². The molecular weight excluding hydrogens is 264 g/mol. The molecule has 0 aliphatic rings. The molecule has 1 rings (SSSR count). The van der Waals surface area contributed by atoms with E-state index in [9.17, 15) is 14.4 Å². The summed E-state index contributed by atoms with van der Waals surface area (Å²) in [6.07, 6.45) is 0. The Hall–Kier alpha value is -2.57. The highest BCUT2D eigenvalue weighted by atomic mass is 16.5. The molecule has 3 N–H and O–H groups in total. The lowest BCUT2D eigenvalue weighted by molar-refractivity contribution is -0.141. The zero-order chi connectivity index (χ0) is 15.0. The lowest BCUT2D eigenvalue weighted by Gasteiger charge is -2.10. The van der Waals surface area contributed by atoms with Crippen LogP contribution in [0.5, 0.6) is 5.75 Å². The Kier molecular flexibility index (Phi) is 6.02. The lowest BCUT2D eigenvalue weighted by atomic mass is 10.3. The molecule has 7 heteroatoms. The van der Waals surface area contributed by atoms with Crippen molar-refractivity contribution in [2.24, 2.45) is 0 Å². The maximum Gasteiger partial charge on any atom is 0.325 e. The number of carbonyl (C=O) groups is 3. The number of amides is 2. The third-order valence-electron chi connectivity index (χ3n) is 2.31. The van der Waals surface area contributed by atoms with Crippen molar-refractivity contribution in [3.05, 3.63) is 30.3 Å². The Balaban J connectivity index is 2.23. The van der Waals surface area contributed by atoms with Crippen LogP contribution < -0.4 is 15.4 Å². The van der Waals surface area contributed by atoms with Gasteiger partial charge in [0.25, 0.3) is 5.91 Å². The molecule has 1 aromatic carbocycles. The Morgan fingerprint density at radius 1 is 1.20 bits per heavy atom. The van der Waals surface area contributed by atoms with Crippen molar-refractivity contribution in [1.82, 2.24) is 10.6 Å². The van der Waals surface area contributed by atoms with E-state index in [0.717, 1.165) is 0 Å². The molecule has 2 amide bonds. The molecule has 0 saturated heterocycles. The number of carboxylic acid groups (broad SMARTS) is 1. The second kappa shape index (κ2) is 7.78. The van der Waals surface area contributed by atoms with Crippen LogP contribution >= 0.6 is 0 Å². The van der Waals surface area contributed by atoms with Crippen LogP contribution in [-0.4, -0.2) is 42.1 Å². The summed E-state index contributed by atoms with van der Waals surface area (Å²) < 4.78 is 5.18. The van der Waals surface area contributed by atoms with Gasteiger partial charge in [-0.15, -0.1) is 0 Å². The van der Waals surface area contributed by atoms with Gasteiger partial charge in [-0.25, -0.2) is 0 Å². The molecule has 1 aromatic rings. The Bertz CT molecular complexity index is 475. The van der Waals surface area contributed by atoms with Crippen molar-refractivity contribution in [3.63, 3.8) is 0 Å². The Morgan fingerprint density at radius 3 is 2.45 bits per heavy atom. The molecule has 0 aliphatic heterocycles. The number of carboxylic acids is 1. The molecule has 20 heavy (non-hydrogen) atoms. The number of benzene rings is 1. The van der Waals surface area contributed by atoms with Gasteiger partial charge in [-0.3, -0.25) is 14.4 Å². The van der Waals surface area contributed by atoms with Crippen LogP contribution in [0.3, 0.4) is 0 Å². The number of hydrogen-bond donors (Lipinski definition) is 3. The van der Waals surface area contributed by atoms with Crippen LogP contribution in [0.4, 0.5) is 0 Å². The molecule has 0 aliphatic carbocycles. The third kappa shape index (κ3) is 5.85. The predicted molar refractivity (Wildman–Crippen MR) is 70.2 cm³/mol. The first kappa shape index (κ1) is 15.5. The molecule has 108 valence electrons. The molecule has 7 nitrogen and oxygen atoms in total. The quantitative estimate of drug-likeness (QED) is 0.640. The number of rotatable bonds is 7. The molecule has 0 radical (unpaired) electrons. The van der Waals surface area contributed by atoms with Crippen LogP contribution in [0.2, 0.25) is 0 Å². The number of carbonyl (C=O) groups excluding carboxylic acids is 2. The van der Waals surface area contributed by atoms with E-state index in [1.807, 2.05) is 6.07 Å². The topological polar surface area (TPSA) is 105 Å². The normalized spacial score (nSPS) is 11.2. The van der Waals surface area contributed by atoms with Gasteiger partial charge in [0.1, 0.15) is 11.8 Å². The zero-order valence-electron chi connectivity index (χ0n) is 11.0. The van der Waals surface area contributed by atoms with Gasteiger partial charge in [-0.1, -0.05) is 18.2 Å². The standard InChI is InChI=1S/C13H16N2O5/c1-9(13(18)19)15-11(16)7-14-12(17)8-20-10-5-3-2-4-6-10/h2-6,9H,7-8H2,1H3,(H,14,17)(H,15,16)(H,18,19)/t9-/m1/s1. The number of para-hydroxylation sites is 1. The van der Waals surface area contributed by atoms with Crippen molar-refractivity contribution < 1.29 is 24.2 Å². The van der Waals surface area contributed by atoms with E-state index in [0.29, 0.717) is 5.75 Å². The first-order valence-corrected chi connectivity index (χ1v) is 5.95. The van der Waals surface area contributed by atoms with E-state index in [-0.39, 0.29) is 13.2 Å². The van der Waals surface area contributed by atoms with Crippen LogP contribution in [0.1, 0.15) is 6.92 Å². The minimum atomic E-state index is -1.14. The monoisotopic (exact) mass is 280 g/mol. The molecule has 0 aromatic heterocycles. The highest BCUT2D eigenvalue weighted by molar-refractivity contribution is 5.88. The third-order valence-corrected chi connectivity index (χ3v) is 2.31. The van der Waals surface area contributed by atoms with Gasteiger partial charge < -0.3 is 20.5 Å². The second-order valence-corrected chi connectivity index (χ2v) is 4.01. The van der Waals surface area contributed by atoms with Gasteiger partial charge in [0, 0.05) is 0 Å². The highest BCUT2D eigenvalue weighted by Crippen LogP contribution is 2.07. The molecule has 1 atom stereocenters. The van der Waals surface area contributed by atoms with Crippen LogP contribution in [-0.2, 0) is 14.4 Å². The summed E-state index contributed by atoms with van der Waals surface area (Å²) in [4.78, 5) is 33.2. The van der Waals surface area contributed by atoms with Crippen molar-refractivity contribution in [2.45, 2.75) is 13.0 Å². The smallest absolute Gasteiger partial charge is 0.325 e. The fourth-order valence-electron chi connectivity index (χ4n) is 1.25. The van der Waals surface area contributed by atoms with Gasteiger partial charge in [0.05, 0.1) is 6.54 Å². The number of ether oxygens (including phenoxy) is 1. The minimum Gasteiger partial charge on any atom is -0.484 e. The van der Waals surface area contributed by atoms with Gasteiger partial charge in [-0.2, -0.15) is 0 Å². The number of nitrogens with one attached hydrogen (secondary N) is 2. The van der Waals surface area contributed by atoms with Crippen molar-refractivity contribution in [2.75, 3.05) is 13.2 Å². The van der Waals surface area contributed by atoms with Crippen LogP contribution in [0.15, 0.2) is 30.3 Å². The summed E-state index contributed by atoms with van der Waals surface area (Å²) in [5, 5.41) is 13.1. The van der Waals surface area contributed by atoms with E-state index in [4.69, 9.17) is 9.84 Å². The Labute approximate surface area is 115 Å². The minimum absolute atomic E-state index is 0.216. The SMILES string of the molecule is C[C@@H](NC(=O)CNC(=O)COc1ccccc1)C(=O)O. The molecule has 0 unspecified atom stereocenters. The summed E-state index contributed by atoms with van der Waals surface area (Å²) in [6.45, 7) is 0.820. The molecular formula is C13H16N2O5. The number of aliphatic carboxylic acids is 1. The predicted octanol–water partition coefficient (Wildman–Crippen LogP) is -0.229. The fourth-order valence-corrected chi connectivity index (χ4v) is 1.25. The lowest BCUT2D eigenvalue weighted by Crippen LogP contribution is -2.44. The van der Waals surface area contributed by atoms with Gasteiger partial charge in [-0.05, 0) is 19.1 Å². The van der Waals surface area contributed by atoms with Crippen molar-refractivity contribution in [1.29, 1.82) is 0 Å². The summed E-state index contributed by atoms with van der Waals surface area (Å²) >= 11 is 0. The first-order valence-electron chi connectivity index (χ1n) is 5.95. The van der Waals surface area contributed by atoms with E-state index in [2.05, 4.69) is 10.6 Å². The van der Waals surface area contributed by atoms with Gasteiger partial charge in [0.15, 0.2) is 6.61 Å². The van der Waals surface area contributed by atoms with E-state index < -0.39 is 23.8 Å². The zero-order valence-corrected chi connectivity index (χ0v) is 11.0. The largest absolute Gasteiger partial charge is 0.484 e. The average Bonchev–Trinajstić information content (AvgIpc) is 2.43. The van der Waals surface area contributed by atoms with E-state index in [1.54, 1.807) is 24.3 Å². The van der Waals surface area contributed by atoms with E-state index in [1.165, 1.54) is 6.92 Å². The number of hydrogen-bond acceptors (Lipinski definition) is 4. The summed E-state index contributed by atoms with van der Waals surface area (Å²) in [5.74, 6) is -1.64. The molecule has 0 fully saturated rings. The molecule has 0 heterocycles.